The molecule has 0 radical (unpaired) electrons. The number of carbonyl (C=O) groups excluding carboxylic acids is 1. The predicted molar refractivity (Wildman–Crippen MR) is 115 cm³/mol. The number of anilines is 2. The maximum absolute atomic E-state index is 13.1. The van der Waals surface area contributed by atoms with Gasteiger partial charge >= 0.3 is 0 Å². The van der Waals surface area contributed by atoms with Gasteiger partial charge in [0.05, 0.1) is 17.8 Å². The third-order valence-corrected chi connectivity index (χ3v) is 5.18. The number of amides is 1. The minimum Gasteiger partial charge on any atom is -0.348 e. The second-order valence-corrected chi connectivity index (χ2v) is 7.06. The second-order valence-electron chi connectivity index (χ2n) is 6.53. The maximum atomic E-state index is 13.1. The molecule has 0 saturated heterocycles. The van der Waals surface area contributed by atoms with Crippen molar-refractivity contribution in [3.8, 4) is 0 Å². The van der Waals surface area contributed by atoms with Crippen molar-refractivity contribution in [2.24, 2.45) is 0 Å². The van der Waals surface area contributed by atoms with E-state index in [2.05, 4.69) is 24.0 Å². The van der Waals surface area contributed by atoms with Gasteiger partial charge in [-0.15, -0.1) is 0 Å². The highest BCUT2D eigenvalue weighted by molar-refractivity contribution is 7.00. The fourth-order valence-corrected chi connectivity index (χ4v) is 3.59. The largest absolute Gasteiger partial charge is 0.348 e. The third-order valence-electron chi connectivity index (χ3n) is 4.62. The summed E-state index contributed by atoms with van der Waals surface area (Å²) in [6.07, 6.45) is 1.66. The smallest absolute Gasteiger partial charge is 0.259 e. The molecule has 0 bridgehead atoms. The van der Waals surface area contributed by atoms with Gasteiger partial charge in [0.15, 0.2) is 0 Å². The Hall–Kier alpha value is -3.39. The fraction of sp³-hybridized carbons (Fsp3) is 0.190. The summed E-state index contributed by atoms with van der Waals surface area (Å²) in [7, 11) is 0. The summed E-state index contributed by atoms with van der Waals surface area (Å²) < 4.78 is 8.40. The number of nitrogens with zero attached hydrogens (tertiary/aromatic N) is 5. The lowest BCUT2D eigenvalue weighted by atomic mass is 10.1. The van der Waals surface area contributed by atoms with Gasteiger partial charge in [0.1, 0.15) is 16.9 Å². The van der Waals surface area contributed by atoms with Crippen molar-refractivity contribution in [3.05, 3.63) is 71.9 Å². The first-order valence-corrected chi connectivity index (χ1v) is 10.1. The van der Waals surface area contributed by atoms with Crippen LogP contribution in [0.4, 0.5) is 11.8 Å². The van der Waals surface area contributed by atoms with E-state index < -0.39 is 0 Å². The first-order valence-electron chi connectivity index (χ1n) is 9.34. The van der Waals surface area contributed by atoms with Crippen LogP contribution >= 0.6 is 11.7 Å². The molecule has 8 heteroatoms. The third kappa shape index (κ3) is 4.07. The molecule has 4 aromatic rings. The van der Waals surface area contributed by atoms with Gasteiger partial charge in [0, 0.05) is 18.3 Å². The molecule has 1 atom stereocenters. The summed E-state index contributed by atoms with van der Waals surface area (Å²) in [5.41, 5.74) is 3.20. The average Bonchev–Trinajstić information content (AvgIpc) is 3.23. The number of hydrogen-bond donors (Lipinski definition) is 1. The molecule has 0 aliphatic rings. The SMILES string of the molecule is CCN(C(=O)c1ccc2nsnc2c1)c1ccnc(N[C@@H](C)c2ccccc2)n1. The fourth-order valence-electron chi connectivity index (χ4n) is 3.07. The van der Waals surface area contributed by atoms with E-state index in [0.717, 1.165) is 28.3 Å². The van der Waals surface area contributed by atoms with Gasteiger partial charge in [0.2, 0.25) is 5.95 Å². The van der Waals surface area contributed by atoms with Crippen LogP contribution in [0.25, 0.3) is 11.0 Å². The van der Waals surface area contributed by atoms with Crippen molar-refractivity contribution in [1.82, 2.24) is 18.7 Å². The maximum Gasteiger partial charge on any atom is 0.259 e. The van der Waals surface area contributed by atoms with Crippen LogP contribution in [-0.4, -0.2) is 31.2 Å². The highest BCUT2D eigenvalue weighted by Gasteiger charge is 2.19. The van der Waals surface area contributed by atoms with Crippen molar-refractivity contribution >= 4 is 40.4 Å². The first-order chi connectivity index (χ1) is 14.2. The molecule has 1 amide bonds. The molecule has 2 heterocycles. The quantitative estimate of drug-likeness (QED) is 0.515. The van der Waals surface area contributed by atoms with Crippen LogP contribution in [-0.2, 0) is 0 Å². The molecular formula is C21H20N6OS. The Morgan fingerprint density at radius 1 is 1.10 bits per heavy atom. The molecule has 2 aromatic heterocycles. The van der Waals surface area contributed by atoms with E-state index in [1.165, 1.54) is 0 Å². The van der Waals surface area contributed by atoms with Crippen LogP contribution in [0, 0.1) is 0 Å². The Morgan fingerprint density at radius 2 is 1.90 bits per heavy atom. The highest BCUT2D eigenvalue weighted by Crippen LogP contribution is 2.21. The lowest BCUT2D eigenvalue weighted by molar-refractivity contribution is 0.0987. The van der Waals surface area contributed by atoms with E-state index in [-0.39, 0.29) is 11.9 Å². The number of carbonyl (C=O) groups is 1. The van der Waals surface area contributed by atoms with Gasteiger partial charge in [-0.3, -0.25) is 9.69 Å². The topological polar surface area (TPSA) is 83.9 Å². The summed E-state index contributed by atoms with van der Waals surface area (Å²) in [6.45, 7) is 4.45. The lowest BCUT2D eigenvalue weighted by Gasteiger charge is -2.21. The molecule has 2 aromatic carbocycles. The number of nitrogens with one attached hydrogen (secondary N) is 1. The number of rotatable bonds is 6. The Labute approximate surface area is 172 Å². The molecule has 0 aliphatic heterocycles. The van der Waals surface area contributed by atoms with E-state index in [9.17, 15) is 4.79 Å². The van der Waals surface area contributed by atoms with Gasteiger partial charge in [-0.1, -0.05) is 30.3 Å². The molecule has 0 spiro atoms. The van der Waals surface area contributed by atoms with Crippen molar-refractivity contribution in [2.45, 2.75) is 19.9 Å². The van der Waals surface area contributed by atoms with Crippen molar-refractivity contribution in [3.63, 3.8) is 0 Å². The van der Waals surface area contributed by atoms with Crippen molar-refractivity contribution in [1.29, 1.82) is 0 Å². The molecule has 0 unspecified atom stereocenters. The molecule has 146 valence electrons. The summed E-state index contributed by atoms with van der Waals surface area (Å²) >= 11 is 1.14. The van der Waals surface area contributed by atoms with Gasteiger partial charge < -0.3 is 5.32 Å². The molecular weight excluding hydrogens is 384 g/mol. The molecule has 7 nitrogen and oxygen atoms in total. The lowest BCUT2D eigenvalue weighted by Crippen LogP contribution is -2.31. The van der Waals surface area contributed by atoms with Crippen LogP contribution in [0.3, 0.4) is 0 Å². The summed E-state index contributed by atoms with van der Waals surface area (Å²) in [5.74, 6) is 0.888. The molecule has 1 N–H and O–H groups in total. The minimum atomic E-state index is -0.136. The monoisotopic (exact) mass is 404 g/mol. The van der Waals surface area contributed by atoms with E-state index in [1.807, 2.05) is 50.2 Å². The van der Waals surface area contributed by atoms with E-state index >= 15 is 0 Å². The van der Waals surface area contributed by atoms with Gasteiger partial charge in [0.25, 0.3) is 5.91 Å². The zero-order chi connectivity index (χ0) is 20.2. The molecule has 4 rings (SSSR count). The average molecular weight is 404 g/mol. The molecule has 29 heavy (non-hydrogen) atoms. The van der Waals surface area contributed by atoms with Crippen LogP contribution in [0.2, 0.25) is 0 Å². The van der Waals surface area contributed by atoms with Crippen molar-refractivity contribution in [2.75, 3.05) is 16.8 Å². The predicted octanol–water partition coefficient (Wildman–Crippen LogP) is 4.32. The van der Waals surface area contributed by atoms with Crippen LogP contribution in [0.5, 0.6) is 0 Å². The Morgan fingerprint density at radius 3 is 2.69 bits per heavy atom. The minimum absolute atomic E-state index is 0.0387. The summed E-state index contributed by atoms with van der Waals surface area (Å²) in [4.78, 5) is 23.6. The second kappa shape index (κ2) is 8.32. The Kier molecular flexibility index (Phi) is 5.44. The van der Waals surface area contributed by atoms with E-state index in [0.29, 0.717) is 23.9 Å². The Balaban J connectivity index is 1.57. The van der Waals surface area contributed by atoms with E-state index in [4.69, 9.17) is 0 Å². The zero-order valence-electron chi connectivity index (χ0n) is 16.1. The standard InChI is InChI=1S/C21H20N6OS/c1-3-27(20(28)16-9-10-17-18(13-16)26-29-25-17)19-11-12-22-21(24-19)23-14(2)15-7-5-4-6-8-15/h4-14H,3H2,1-2H3,(H,22,23,24)/t14-/m0/s1. The number of fused-ring (bicyclic) bond motifs is 1. The molecule has 0 fully saturated rings. The van der Waals surface area contributed by atoms with Gasteiger partial charge in [-0.2, -0.15) is 13.7 Å². The van der Waals surface area contributed by atoms with Crippen LogP contribution < -0.4 is 10.2 Å². The first kappa shape index (κ1) is 18.9. The zero-order valence-corrected chi connectivity index (χ0v) is 16.9. The van der Waals surface area contributed by atoms with Gasteiger partial charge in [-0.25, -0.2) is 4.98 Å². The summed E-state index contributed by atoms with van der Waals surface area (Å²) in [6, 6.07) is 17.2. The van der Waals surface area contributed by atoms with E-state index in [1.54, 1.807) is 29.3 Å². The number of benzene rings is 2. The number of aromatic nitrogens is 4. The molecule has 0 saturated carbocycles. The van der Waals surface area contributed by atoms with Gasteiger partial charge in [-0.05, 0) is 43.7 Å². The van der Waals surface area contributed by atoms with Crippen LogP contribution in [0.15, 0.2) is 60.8 Å². The normalized spacial score (nSPS) is 11.9. The molecule has 0 aliphatic carbocycles. The van der Waals surface area contributed by atoms with Crippen molar-refractivity contribution < 1.29 is 4.79 Å². The highest BCUT2D eigenvalue weighted by atomic mass is 32.1. The Bertz CT molecular complexity index is 1130. The summed E-state index contributed by atoms with van der Waals surface area (Å²) in [5, 5.41) is 3.30. The number of hydrogen-bond acceptors (Lipinski definition) is 7. The van der Waals surface area contributed by atoms with Crippen LogP contribution in [0.1, 0.15) is 35.8 Å².